The van der Waals surface area contributed by atoms with E-state index in [0.717, 1.165) is 5.41 Å². The summed E-state index contributed by atoms with van der Waals surface area (Å²) < 4.78 is 2.26. The van der Waals surface area contributed by atoms with Crippen LogP contribution in [0.5, 0.6) is 0 Å². The first kappa shape index (κ1) is 6.17. The lowest BCUT2D eigenvalue weighted by molar-refractivity contribution is 0.281. The van der Waals surface area contributed by atoms with Crippen molar-refractivity contribution in [3.8, 4) is 0 Å². The third-order valence-electron chi connectivity index (χ3n) is 2.73. The van der Waals surface area contributed by atoms with Gasteiger partial charge in [0.15, 0.2) is 0 Å². The van der Waals surface area contributed by atoms with E-state index in [9.17, 15) is 0 Å². The SMILES string of the molecule is BrN1CCC2(CC1)CC2. The highest BCUT2D eigenvalue weighted by molar-refractivity contribution is 9.07. The molecule has 2 fully saturated rings. The zero-order valence-electron chi connectivity index (χ0n) is 5.57. The number of rotatable bonds is 0. The lowest BCUT2D eigenvalue weighted by Crippen LogP contribution is -2.26. The molecule has 52 valence electrons. The van der Waals surface area contributed by atoms with Gasteiger partial charge in [-0.05, 0) is 31.1 Å². The van der Waals surface area contributed by atoms with E-state index in [1.807, 2.05) is 0 Å². The predicted molar refractivity (Wildman–Crippen MR) is 41.4 cm³/mol. The Morgan fingerprint density at radius 1 is 1.00 bits per heavy atom. The molecule has 1 heterocycles. The third kappa shape index (κ3) is 1.15. The fourth-order valence-electron chi connectivity index (χ4n) is 1.63. The van der Waals surface area contributed by atoms with Crippen LogP contribution in [0.3, 0.4) is 0 Å². The first-order chi connectivity index (χ1) is 4.31. The number of hydrogen-bond acceptors (Lipinski definition) is 1. The second-order valence-corrected chi connectivity index (χ2v) is 4.41. The summed E-state index contributed by atoms with van der Waals surface area (Å²) in [7, 11) is 0. The summed E-state index contributed by atoms with van der Waals surface area (Å²) in [4.78, 5) is 0. The summed E-state index contributed by atoms with van der Waals surface area (Å²) in [6.07, 6.45) is 5.87. The predicted octanol–water partition coefficient (Wildman–Crippen LogP) is 2.17. The summed E-state index contributed by atoms with van der Waals surface area (Å²) in [6.45, 7) is 2.53. The average Bonchev–Trinajstić information content (AvgIpc) is 2.60. The highest BCUT2D eigenvalue weighted by Gasteiger charge is 2.43. The van der Waals surface area contributed by atoms with E-state index >= 15 is 0 Å². The lowest BCUT2D eigenvalue weighted by atomic mass is 9.95. The third-order valence-corrected chi connectivity index (χ3v) is 3.44. The Balaban J connectivity index is 1.91. The van der Waals surface area contributed by atoms with E-state index in [1.54, 1.807) is 0 Å². The van der Waals surface area contributed by atoms with Crippen LogP contribution in [0.2, 0.25) is 0 Å². The molecule has 2 rings (SSSR count). The Morgan fingerprint density at radius 3 is 2.00 bits per heavy atom. The van der Waals surface area contributed by atoms with Crippen LogP contribution in [0.4, 0.5) is 0 Å². The minimum atomic E-state index is 0.838. The van der Waals surface area contributed by atoms with Crippen LogP contribution in [0, 0.1) is 5.41 Å². The average molecular weight is 190 g/mol. The Hall–Kier alpha value is 0.440. The molecule has 0 aromatic rings. The molecular weight excluding hydrogens is 178 g/mol. The maximum absolute atomic E-state index is 3.50. The first-order valence-electron chi connectivity index (χ1n) is 3.72. The van der Waals surface area contributed by atoms with Crippen LogP contribution in [-0.2, 0) is 0 Å². The molecule has 0 amide bonds. The molecule has 1 saturated heterocycles. The highest BCUT2D eigenvalue weighted by Crippen LogP contribution is 2.53. The number of halogens is 1. The van der Waals surface area contributed by atoms with Crippen molar-refractivity contribution in [2.45, 2.75) is 25.7 Å². The van der Waals surface area contributed by atoms with Crippen LogP contribution in [0.25, 0.3) is 0 Å². The van der Waals surface area contributed by atoms with Crippen molar-refractivity contribution in [3.05, 3.63) is 0 Å². The van der Waals surface area contributed by atoms with Gasteiger partial charge in [0.2, 0.25) is 0 Å². The molecule has 1 spiro atoms. The van der Waals surface area contributed by atoms with Crippen molar-refractivity contribution in [2.75, 3.05) is 13.1 Å². The van der Waals surface area contributed by atoms with Gasteiger partial charge in [0.1, 0.15) is 0 Å². The molecule has 2 aliphatic rings. The monoisotopic (exact) mass is 189 g/mol. The minimum Gasteiger partial charge on any atom is -0.242 e. The molecule has 2 heteroatoms. The highest BCUT2D eigenvalue weighted by atomic mass is 79.9. The van der Waals surface area contributed by atoms with Crippen molar-refractivity contribution in [3.63, 3.8) is 0 Å². The van der Waals surface area contributed by atoms with Gasteiger partial charge >= 0.3 is 0 Å². The molecule has 0 aromatic carbocycles. The Bertz CT molecular complexity index is 110. The minimum absolute atomic E-state index is 0.838. The second-order valence-electron chi connectivity index (χ2n) is 3.41. The molecule has 0 atom stereocenters. The van der Waals surface area contributed by atoms with E-state index in [1.165, 1.54) is 38.8 Å². The summed E-state index contributed by atoms with van der Waals surface area (Å²) >= 11 is 3.50. The van der Waals surface area contributed by atoms with Gasteiger partial charge in [0.25, 0.3) is 0 Å². The fraction of sp³-hybridized carbons (Fsp3) is 1.00. The molecule has 1 nitrogen and oxygen atoms in total. The molecule has 0 bridgehead atoms. The standard InChI is InChI=1S/C7H12BrN/c8-9-5-3-7(1-2-7)4-6-9/h1-6H2. The van der Waals surface area contributed by atoms with Gasteiger partial charge in [-0.1, -0.05) is 0 Å². The van der Waals surface area contributed by atoms with Crippen molar-refractivity contribution < 1.29 is 0 Å². The van der Waals surface area contributed by atoms with Crippen molar-refractivity contribution in [1.29, 1.82) is 0 Å². The molecule has 0 radical (unpaired) electrons. The van der Waals surface area contributed by atoms with Crippen LogP contribution in [0.15, 0.2) is 0 Å². The maximum atomic E-state index is 3.50. The van der Waals surface area contributed by atoms with Crippen LogP contribution in [-0.4, -0.2) is 17.0 Å². The molecular formula is C7H12BrN. The fourth-order valence-corrected chi connectivity index (χ4v) is 1.99. The molecule has 1 saturated carbocycles. The summed E-state index contributed by atoms with van der Waals surface area (Å²) in [6, 6.07) is 0. The van der Waals surface area contributed by atoms with Crippen molar-refractivity contribution >= 4 is 16.1 Å². The van der Waals surface area contributed by atoms with Gasteiger partial charge in [-0.25, -0.2) is 3.93 Å². The van der Waals surface area contributed by atoms with Gasteiger partial charge in [0, 0.05) is 29.2 Å². The second kappa shape index (κ2) is 1.96. The van der Waals surface area contributed by atoms with Crippen molar-refractivity contribution in [1.82, 2.24) is 3.93 Å². The van der Waals surface area contributed by atoms with Gasteiger partial charge in [0.05, 0.1) is 0 Å². The summed E-state index contributed by atoms with van der Waals surface area (Å²) in [5.41, 5.74) is 0.838. The van der Waals surface area contributed by atoms with Crippen LogP contribution >= 0.6 is 16.1 Å². The number of hydrogen-bond donors (Lipinski definition) is 0. The smallest absolute Gasteiger partial charge is 0.0120 e. The Morgan fingerprint density at radius 2 is 1.56 bits per heavy atom. The topological polar surface area (TPSA) is 3.24 Å². The molecule has 1 aliphatic carbocycles. The molecule has 9 heavy (non-hydrogen) atoms. The molecule has 1 aliphatic heterocycles. The number of nitrogens with zero attached hydrogens (tertiary/aromatic N) is 1. The quantitative estimate of drug-likeness (QED) is 0.529. The molecule has 0 aromatic heterocycles. The van der Waals surface area contributed by atoms with E-state index < -0.39 is 0 Å². The molecule has 0 N–H and O–H groups in total. The van der Waals surface area contributed by atoms with Crippen molar-refractivity contribution in [2.24, 2.45) is 5.41 Å². The zero-order chi connectivity index (χ0) is 6.32. The van der Waals surface area contributed by atoms with E-state index in [-0.39, 0.29) is 0 Å². The zero-order valence-corrected chi connectivity index (χ0v) is 7.15. The Kier molecular flexibility index (Phi) is 1.34. The summed E-state index contributed by atoms with van der Waals surface area (Å²) in [5, 5.41) is 0. The van der Waals surface area contributed by atoms with Gasteiger partial charge < -0.3 is 0 Å². The maximum Gasteiger partial charge on any atom is 0.0120 e. The summed E-state index contributed by atoms with van der Waals surface area (Å²) in [5.74, 6) is 0. The Labute approximate surface area is 64.8 Å². The van der Waals surface area contributed by atoms with E-state index in [4.69, 9.17) is 0 Å². The normalized spacial score (nSPS) is 33.0. The van der Waals surface area contributed by atoms with Gasteiger partial charge in [-0.2, -0.15) is 0 Å². The van der Waals surface area contributed by atoms with Crippen LogP contribution < -0.4 is 0 Å². The largest absolute Gasteiger partial charge is 0.242 e. The molecule has 0 unspecified atom stereocenters. The van der Waals surface area contributed by atoms with Gasteiger partial charge in [-0.15, -0.1) is 0 Å². The van der Waals surface area contributed by atoms with E-state index in [0.29, 0.717) is 0 Å². The van der Waals surface area contributed by atoms with Crippen LogP contribution in [0.1, 0.15) is 25.7 Å². The van der Waals surface area contributed by atoms with E-state index in [2.05, 4.69) is 20.1 Å². The lowest BCUT2D eigenvalue weighted by Gasteiger charge is -2.26. The van der Waals surface area contributed by atoms with Gasteiger partial charge in [-0.3, -0.25) is 0 Å². The first-order valence-corrected chi connectivity index (χ1v) is 4.42. The number of piperidine rings is 1.